The first kappa shape index (κ1) is 15.8. The van der Waals surface area contributed by atoms with Gasteiger partial charge in [0.15, 0.2) is 0 Å². The number of imidazole rings is 1. The molecule has 2 heterocycles. The van der Waals surface area contributed by atoms with Crippen LogP contribution in [-0.2, 0) is 14.8 Å². The van der Waals surface area contributed by atoms with Crippen LogP contribution in [0.5, 0.6) is 0 Å². The summed E-state index contributed by atoms with van der Waals surface area (Å²) in [7, 11) is -3.76. The van der Waals surface area contributed by atoms with E-state index in [1.807, 2.05) is 23.6 Å². The van der Waals surface area contributed by atoms with E-state index in [1.54, 1.807) is 6.07 Å². The summed E-state index contributed by atoms with van der Waals surface area (Å²) >= 11 is 0. The highest BCUT2D eigenvalue weighted by Gasteiger charge is 2.32. The molecule has 23 heavy (non-hydrogen) atoms. The van der Waals surface area contributed by atoms with Crippen LogP contribution in [0.4, 0.5) is 5.95 Å². The normalized spacial score (nSPS) is 19.6. The van der Waals surface area contributed by atoms with Gasteiger partial charge in [-0.1, -0.05) is 0 Å². The first-order valence-electron chi connectivity index (χ1n) is 7.39. The quantitative estimate of drug-likeness (QED) is 0.835. The van der Waals surface area contributed by atoms with Crippen LogP contribution in [0.3, 0.4) is 0 Å². The molecular weight excluding hydrogens is 318 g/mol. The summed E-state index contributed by atoms with van der Waals surface area (Å²) in [6.45, 7) is 5.79. The third-order valence-electron chi connectivity index (χ3n) is 4.17. The molecule has 1 aromatic heterocycles. The molecule has 1 amide bonds. The zero-order valence-electron chi connectivity index (χ0n) is 13.0. The number of hydrogen-bond donors (Lipinski definition) is 2. The number of H-pyrrole nitrogens is 1. The molecule has 9 heteroatoms. The zero-order valence-corrected chi connectivity index (χ0v) is 13.8. The first-order chi connectivity index (χ1) is 10.8. The number of hydrogen-bond acceptors (Lipinski definition) is 5. The standard InChI is InChI=1S/C14H19N5O3S/c1-3-18-6-7-19(9(2)13(18)20)14-16-11-5-4-10(23(15,21)22)8-12(11)17-14/h4-5,8-9H,3,6-7H2,1-2H3,(H,16,17)(H2,15,21,22). The number of nitrogens with zero attached hydrogens (tertiary/aromatic N) is 3. The molecule has 3 N–H and O–H groups in total. The van der Waals surface area contributed by atoms with E-state index in [2.05, 4.69) is 9.97 Å². The van der Waals surface area contributed by atoms with E-state index < -0.39 is 10.0 Å². The van der Waals surface area contributed by atoms with E-state index in [9.17, 15) is 13.2 Å². The Balaban J connectivity index is 1.96. The van der Waals surface area contributed by atoms with Crippen molar-refractivity contribution in [3.05, 3.63) is 18.2 Å². The molecular formula is C14H19N5O3S. The maximum atomic E-state index is 12.3. The molecule has 3 rings (SSSR count). The zero-order chi connectivity index (χ0) is 16.8. The number of amides is 1. The van der Waals surface area contributed by atoms with Crippen molar-refractivity contribution in [3.63, 3.8) is 0 Å². The molecule has 8 nitrogen and oxygen atoms in total. The van der Waals surface area contributed by atoms with Gasteiger partial charge in [-0.05, 0) is 32.0 Å². The summed E-state index contributed by atoms with van der Waals surface area (Å²) in [6.07, 6.45) is 0. The third-order valence-corrected chi connectivity index (χ3v) is 5.08. The van der Waals surface area contributed by atoms with Crippen molar-refractivity contribution >= 4 is 32.9 Å². The summed E-state index contributed by atoms with van der Waals surface area (Å²) in [4.78, 5) is 23.6. The van der Waals surface area contributed by atoms with Crippen molar-refractivity contribution in [2.45, 2.75) is 24.8 Å². The summed E-state index contributed by atoms with van der Waals surface area (Å²) in [5.41, 5.74) is 1.20. The number of aromatic nitrogens is 2. The highest BCUT2D eigenvalue weighted by atomic mass is 32.2. The minimum atomic E-state index is -3.76. The van der Waals surface area contributed by atoms with Crippen molar-refractivity contribution in [2.75, 3.05) is 24.5 Å². The molecule has 1 atom stereocenters. The summed E-state index contributed by atoms with van der Waals surface area (Å²) < 4.78 is 22.9. The molecule has 0 radical (unpaired) electrons. The molecule has 0 bridgehead atoms. The van der Waals surface area contributed by atoms with E-state index in [1.165, 1.54) is 12.1 Å². The Kier molecular flexibility index (Phi) is 3.77. The molecule has 124 valence electrons. The van der Waals surface area contributed by atoms with Crippen LogP contribution in [0.25, 0.3) is 11.0 Å². The Labute approximate surface area is 134 Å². The van der Waals surface area contributed by atoms with Gasteiger partial charge < -0.3 is 14.8 Å². The van der Waals surface area contributed by atoms with Crippen molar-refractivity contribution in [1.29, 1.82) is 0 Å². The van der Waals surface area contributed by atoms with Crippen molar-refractivity contribution in [2.24, 2.45) is 5.14 Å². The van der Waals surface area contributed by atoms with Crippen LogP contribution >= 0.6 is 0 Å². The Morgan fingerprint density at radius 2 is 2.13 bits per heavy atom. The molecule has 1 fully saturated rings. The molecule has 1 aliphatic heterocycles. The van der Waals surface area contributed by atoms with Gasteiger partial charge in [0.2, 0.25) is 21.9 Å². The van der Waals surface area contributed by atoms with Gasteiger partial charge in [-0.15, -0.1) is 0 Å². The van der Waals surface area contributed by atoms with E-state index in [4.69, 9.17) is 5.14 Å². The number of carbonyl (C=O) groups is 1. The Morgan fingerprint density at radius 3 is 2.78 bits per heavy atom. The van der Waals surface area contributed by atoms with Crippen molar-refractivity contribution in [3.8, 4) is 0 Å². The van der Waals surface area contributed by atoms with Crippen LogP contribution in [0.15, 0.2) is 23.1 Å². The molecule has 2 aromatic rings. The smallest absolute Gasteiger partial charge is 0.245 e. The predicted molar refractivity (Wildman–Crippen MR) is 86.5 cm³/mol. The number of primary sulfonamides is 1. The molecule has 1 aliphatic rings. The topological polar surface area (TPSA) is 112 Å². The second kappa shape index (κ2) is 5.50. The van der Waals surface area contributed by atoms with E-state index >= 15 is 0 Å². The number of nitrogens with two attached hydrogens (primary N) is 1. The number of likely N-dealkylation sites (N-methyl/N-ethyl adjacent to an activating group) is 1. The van der Waals surface area contributed by atoms with Crippen LogP contribution in [0, 0.1) is 0 Å². The number of sulfonamides is 1. The fourth-order valence-electron chi connectivity index (χ4n) is 2.82. The van der Waals surface area contributed by atoms with Crippen molar-refractivity contribution < 1.29 is 13.2 Å². The summed E-state index contributed by atoms with van der Waals surface area (Å²) in [5.74, 6) is 0.618. The Hall–Kier alpha value is -2.13. The van der Waals surface area contributed by atoms with Crippen molar-refractivity contribution in [1.82, 2.24) is 14.9 Å². The van der Waals surface area contributed by atoms with Crippen LogP contribution in [0.2, 0.25) is 0 Å². The largest absolute Gasteiger partial charge is 0.339 e. The number of benzene rings is 1. The number of rotatable bonds is 3. The maximum absolute atomic E-state index is 12.3. The van der Waals surface area contributed by atoms with Crippen LogP contribution in [0.1, 0.15) is 13.8 Å². The molecule has 0 saturated carbocycles. The van der Waals surface area contributed by atoms with E-state index in [-0.39, 0.29) is 16.8 Å². The Bertz CT molecular complexity index is 860. The number of anilines is 1. The summed E-state index contributed by atoms with van der Waals surface area (Å²) in [6, 6.07) is 4.16. The lowest BCUT2D eigenvalue weighted by Crippen LogP contribution is -2.56. The molecule has 1 saturated heterocycles. The molecule has 1 unspecified atom stereocenters. The lowest BCUT2D eigenvalue weighted by atomic mass is 10.2. The monoisotopic (exact) mass is 337 g/mol. The lowest BCUT2D eigenvalue weighted by Gasteiger charge is -2.38. The highest BCUT2D eigenvalue weighted by molar-refractivity contribution is 7.89. The molecule has 1 aromatic carbocycles. The number of aromatic amines is 1. The molecule has 0 aliphatic carbocycles. The average Bonchev–Trinajstić information content (AvgIpc) is 2.91. The summed E-state index contributed by atoms with van der Waals surface area (Å²) in [5, 5.41) is 5.15. The van der Waals surface area contributed by atoms with Crippen LogP contribution in [-0.4, -0.2) is 54.9 Å². The number of fused-ring (bicyclic) bond motifs is 1. The minimum absolute atomic E-state index is 0.0279. The fourth-order valence-corrected chi connectivity index (χ4v) is 3.36. The number of nitrogens with one attached hydrogen (secondary N) is 1. The second-order valence-corrected chi connectivity index (χ2v) is 7.13. The lowest BCUT2D eigenvalue weighted by molar-refractivity contribution is -0.133. The van der Waals surface area contributed by atoms with Gasteiger partial charge in [0.25, 0.3) is 0 Å². The maximum Gasteiger partial charge on any atom is 0.245 e. The Morgan fingerprint density at radius 1 is 1.39 bits per heavy atom. The van der Waals surface area contributed by atoms with Gasteiger partial charge in [-0.25, -0.2) is 18.5 Å². The number of carbonyl (C=O) groups excluding carboxylic acids is 1. The fraction of sp³-hybridized carbons (Fsp3) is 0.429. The van der Waals surface area contributed by atoms with Crippen LogP contribution < -0.4 is 10.0 Å². The van der Waals surface area contributed by atoms with Gasteiger partial charge in [0, 0.05) is 19.6 Å². The number of piperazine rings is 1. The highest BCUT2D eigenvalue weighted by Crippen LogP contribution is 2.23. The van der Waals surface area contributed by atoms with E-state index in [0.717, 1.165) is 0 Å². The second-order valence-electron chi connectivity index (χ2n) is 5.57. The minimum Gasteiger partial charge on any atom is -0.339 e. The van der Waals surface area contributed by atoms with Gasteiger partial charge in [-0.2, -0.15) is 0 Å². The third kappa shape index (κ3) is 2.77. The van der Waals surface area contributed by atoms with E-state index in [0.29, 0.717) is 36.6 Å². The van der Waals surface area contributed by atoms with Gasteiger partial charge in [0.05, 0.1) is 15.9 Å². The predicted octanol–water partition coefficient (Wildman–Crippen LogP) is 0.267. The first-order valence-corrected chi connectivity index (χ1v) is 8.94. The molecule has 0 spiro atoms. The average molecular weight is 337 g/mol. The van der Waals surface area contributed by atoms with Gasteiger partial charge >= 0.3 is 0 Å². The van der Waals surface area contributed by atoms with Gasteiger partial charge in [-0.3, -0.25) is 4.79 Å². The van der Waals surface area contributed by atoms with Gasteiger partial charge in [0.1, 0.15) is 6.04 Å². The SMILES string of the molecule is CCN1CCN(c2nc3ccc(S(N)(=O)=O)cc3[nH]2)C(C)C1=O.